The van der Waals surface area contributed by atoms with E-state index in [-0.39, 0.29) is 11.6 Å². The van der Waals surface area contributed by atoms with Crippen molar-refractivity contribution < 1.29 is 8.98 Å². The first-order valence-electron chi connectivity index (χ1n) is 7.02. The zero-order chi connectivity index (χ0) is 16.2. The first-order chi connectivity index (χ1) is 11.2. The number of benzene rings is 1. The second-order valence-corrected chi connectivity index (χ2v) is 4.89. The van der Waals surface area contributed by atoms with Crippen LogP contribution in [0.2, 0.25) is 0 Å². The van der Waals surface area contributed by atoms with Gasteiger partial charge in [-0.05, 0) is 6.92 Å². The van der Waals surface area contributed by atoms with Crippen molar-refractivity contribution in [2.75, 3.05) is 0 Å². The SMILES string of the molecule is Cc1c(-c2ccccc2)oc(C(=C=[N-])[n+]2ccccc2)nc1=O. The Morgan fingerprint density at radius 3 is 2.43 bits per heavy atom. The van der Waals surface area contributed by atoms with E-state index in [9.17, 15) is 10.2 Å². The number of pyridine rings is 1. The van der Waals surface area contributed by atoms with Crippen LogP contribution in [0, 0.1) is 6.92 Å². The minimum absolute atomic E-state index is 0.00171. The highest BCUT2D eigenvalue weighted by molar-refractivity contribution is 5.83. The van der Waals surface area contributed by atoms with Gasteiger partial charge >= 0.3 is 5.89 Å². The summed E-state index contributed by atoms with van der Waals surface area (Å²) < 4.78 is 7.36. The van der Waals surface area contributed by atoms with Gasteiger partial charge in [-0.1, -0.05) is 36.4 Å². The molecule has 3 rings (SSSR count). The second-order valence-electron chi connectivity index (χ2n) is 4.89. The van der Waals surface area contributed by atoms with Crippen LogP contribution < -0.4 is 10.1 Å². The summed E-state index contributed by atoms with van der Waals surface area (Å²) in [5.41, 5.74) is 0.922. The standard InChI is InChI=1S/C18H13N3O2/c1-13-16(14-8-4-2-5-9-14)23-18(20-17(13)22)15(12-19)21-10-6-3-7-11-21/h2-11H,1H3. The molecule has 0 fully saturated rings. The lowest BCUT2D eigenvalue weighted by molar-refractivity contribution is -0.578. The highest BCUT2D eigenvalue weighted by Gasteiger charge is 2.19. The van der Waals surface area contributed by atoms with Crippen molar-refractivity contribution in [3.63, 3.8) is 0 Å². The molecule has 0 aliphatic rings. The van der Waals surface area contributed by atoms with Crippen LogP contribution in [0.1, 0.15) is 11.5 Å². The van der Waals surface area contributed by atoms with E-state index >= 15 is 0 Å². The monoisotopic (exact) mass is 303 g/mol. The Labute approximate surface area is 132 Å². The molecule has 5 nitrogen and oxygen atoms in total. The van der Waals surface area contributed by atoms with Gasteiger partial charge in [-0.3, -0.25) is 4.79 Å². The van der Waals surface area contributed by atoms with E-state index in [0.29, 0.717) is 11.3 Å². The fraction of sp³-hybridized carbons (Fsp3) is 0.0556. The van der Waals surface area contributed by atoms with Crippen molar-refractivity contribution in [1.82, 2.24) is 4.98 Å². The number of aromatic nitrogens is 2. The third kappa shape index (κ3) is 2.86. The third-order valence-electron chi connectivity index (χ3n) is 3.38. The Bertz CT molecular complexity index is 941. The molecule has 5 heteroatoms. The molecule has 2 heterocycles. The molecule has 0 aliphatic heterocycles. The maximum Gasteiger partial charge on any atom is 0.304 e. The van der Waals surface area contributed by atoms with Crippen LogP contribution >= 0.6 is 0 Å². The van der Waals surface area contributed by atoms with Gasteiger partial charge in [0, 0.05) is 17.7 Å². The number of hydrogen-bond donors (Lipinski definition) is 0. The molecule has 23 heavy (non-hydrogen) atoms. The number of hydrogen-bond acceptors (Lipinski definition) is 3. The summed E-state index contributed by atoms with van der Waals surface area (Å²) in [7, 11) is 0. The van der Waals surface area contributed by atoms with Crippen LogP contribution in [-0.4, -0.2) is 10.9 Å². The van der Waals surface area contributed by atoms with Gasteiger partial charge in [0.2, 0.25) is 0 Å². The molecule has 2 aromatic heterocycles. The van der Waals surface area contributed by atoms with E-state index in [1.165, 1.54) is 0 Å². The summed E-state index contributed by atoms with van der Waals surface area (Å²) in [6.45, 7) is 1.66. The molecule has 1 aromatic carbocycles. The van der Waals surface area contributed by atoms with Gasteiger partial charge in [-0.25, -0.2) is 0 Å². The number of nitrogens with zero attached hydrogens (tertiary/aromatic N) is 3. The molecule has 3 aromatic rings. The Balaban J connectivity index is 2.21. The van der Waals surface area contributed by atoms with Crippen LogP contribution in [0.3, 0.4) is 0 Å². The predicted octanol–water partition coefficient (Wildman–Crippen LogP) is 2.43. The van der Waals surface area contributed by atoms with Gasteiger partial charge in [0.15, 0.2) is 12.4 Å². The van der Waals surface area contributed by atoms with E-state index in [1.54, 1.807) is 36.0 Å². The van der Waals surface area contributed by atoms with E-state index in [1.807, 2.05) is 42.3 Å². The lowest BCUT2D eigenvalue weighted by Gasteiger charge is -2.06. The molecule has 0 amide bonds. The molecule has 0 N–H and O–H groups in total. The topological polar surface area (TPSA) is 69.3 Å². The molecule has 112 valence electrons. The predicted molar refractivity (Wildman–Crippen MR) is 86.8 cm³/mol. The lowest BCUT2D eigenvalue weighted by Crippen LogP contribution is -2.33. The van der Waals surface area contributed by atoms with Crippen LogP contribution in [0.5, 0.6) is 0 Å². The van der Waals surface area contributed by atoms with E-state index in [2.05, 4.69) is 4.98 Å². The average molecular weight is 303 g/mol. The van der Waals surface area contributed by atoms with Gasteiger partial charge in [0.1, 0.15) is 5.76 Å². The van der Waals surface area contributed by atoms with Crippen LogP contribution in [0.4, 0.5) is 0 Å². The van der Waals surface area contributed by atoms with Crippen molar-refractivity contribution in [2.24, 2.45) is 0 Å². The van der Waals surface area contributed by atoms with Crippen molar-refractivity contribution in [1.29, 1.82) is 0 Å². The molecule has 0 radical (unpaired) electrons. The fourth-order valence-electron chi connectivity index (χ4n) is 2.20. The minimum atomic E-state index is -0.408. The number of rotatable bonds is 3. The Morgan fingerprint density at radius 1 is 1.13 bits per heavy atom. The minimum Gasteiger partial charge on any atom is -0.757 e. The third-order valence-corrected chi connectivity index (χ3v) is 3.38. The highest BCUT2D eigenvalue weighted by Crippen LogP contribution is 2.22. The molecule has 0 saturated carbocycles. The molecular formula is C18H13N3O2. The van der Waals surface area contributed by atoms with E-state index in [0.717, 1.165) is 5.56 Å². The molecule has 0 spiro atoms. The van der Waals surface area contributed by atoms with Gasteiger partial charge < -0.3 is 9.83 Å². The molecule has 0 saturated heterocycles. The maximum atomic E-state index is 12.2. The molecular weight excluding hydrogens is 290 g/mol. The molecule has 0 unspecified atom stereocenters. The van der Waals surface area contributed by atoms with E-state index < -0.39 is 5.56 Å². The second kappa shape index (κ2) is 6.22. The van der Waals surface area contributed by atoms with Crippen molar-refractivity contribution in [3.05, 3.63) is 88.1 Å². The summed E-state index contributed by atoms with van der Waals surface area (Å²) in [6.07, 6.45) is 3.39. The molecule has 0 aliphatic carbocycles. The first kappa shape index (κ1) is 14.6. The molecule has 0 bridgehead atoms. The lowest BCUT2D eigenvalue weighted by atomic mass is 10.1. The summed E-state index contributed by atoms with van der Waals surface area (Å²) in [6, 6.07) is 14.7. The zero-order valence-electron chi connectivity index (χ0n) is 12.4. The smallest absolute Gasteiger partial charge is 0.304 e. The van der Waals surface area contributed by atoms with E-state index in [4.69, 9.17) is 4.42 Å². The quantitative estimate of drug-likeness (QED) is 0.551. The van der Waals surface area contributed by atoms with Crippen LogP contribution in [0.25, 0.3) is 22.4 Å². The Morgan fingerprint density at radius 2 is 1.78 bits per heavy atom. The summed E-state index contributed by atoms with van der Waals surface area (Å²) in [5.74, 6) is 2.46. The van der Waals surface area contributed by atoms with Gasteiger partial charge in [-0.15, -0.1) is 0 Å². The molecule has 0 atom stereocenters. The average Bonchev–Trinajstić information content (AvgIpc) is 2.60. The summed E-state index contributed by atoms with van der Waals surface area (Å²) >= 11 is 0. The normalized spacial score (nSPS) is 10.1. The maximum absolute atomic E-state index is 12.2. The Hall–Kier alpha value is -3.30. The van der Waals surface area contributed by atoms with Crippen molar-refractivity contribution in [3.8, 4) is 11.3 Å². The van der Waals surface area contributed by atoms with Gasteiger partial charge in [-0.2, -0.15) is 15.4 Å². The van der Waals surface area contributed by atoms with Gasteiger partial charge in [0.05, 0.1) is 5.56 Å². The van der Waals surface area contributed by atoms with Crippen molar-refractivity contribution >= 4 is 11.6 Å². The summed E-state index contributed by atoms with van der Waals surface area (Å²) in [4.78, 5) is 16.1. The largest absolute Gasteiger partial charge is 0.757 e. The van der Waals surface area contributed by atoms with Gasteiger partial charge in [0.25, 0.3) is 11.3 Å². The fourth-order valence-corrected chi connectivity index (χ4v) is 2.20. The van der Waals surface area contributed by atoms with Crippen LogP contribution in [0.15, 0.2) is 70.1 Å². The van der Waals surface area contributed by atoms with Crippen LogP contribution in [-0.2, 0) is 0 Å². The summed E-state index contributed by atoms with van der Waals surface area (Å²) in [5, 5.41) is 9.44. The van der Waals surface area contributed by atoms with Crippen molar-refractivity contribution in [2.45, 2.75) is 6.92 Å². The highest BCUT2D eigenvalue weighted by atomic mass is 16.4. The zero-order valence-corrected chi connectivity index (χ0v) is 12.4. The first-order valence-corrected chi connectivity index (χ1v) is 7.02. The Kier molecular flexibility index (Phi) is 3.95.